The van der Waals surface area contributed by atoms with E-state index in [0.29, 0.717) is 0 Å². The van der Waals surface area contributed by atoms with E-state index in [1.807, 2.05) is 0 Å². The van der Waals surface area contributed by atoms with Crippen LogP contribution < -0.4 is 0 Å². The lowest BCUT2D eigenvalue weighted by Gasteiger charge is -1.78. The summed E-state index contributed by atoms with van der Waals surface area (Å²) in [6, 6.07) is 0. The van der Waals surface area contributed by atoms with Crippen LogP contribution in [0.15, 0.2) is 0 Å². The largest absolute Gasteiger partial charge is 0.211 e. The molecular weight excluding hydrogens is 225 g/mol. The molecule has 0 aromatic carbocycles. The van der Waals surface area contributed by atoms with E-state index in [2.05, 4.69) is 20.8 Å². The molecule has 0 N–H and O–H groups in total. The fourth-order valence-electron chi connectivity index (χ4n) is 1.06. The lowest BCUT2D eigenvalue weighted by Crippen LogP contribution is -1.63. The number of hydrogen-bond donors (Lipinski definition) is 0. The third-order valence-electron chi connectivity index (χ3n) is 2.12. The zero-order valence-electron chi connectivity index (χ0n) is 12.4. The highest BCUT2D eigenvalue weighted by Gasteiger charge is 1.70. The van der Waals surface area contributed by atoms with Crippen LogP contribution in [-0.4, -0.2) is 48.9 Å². The first-order valence-electron chi connectivity index (χ1n) is 7.24. The quantitative estimate of drug-likeness (QED) is 0.642. The van der Waals surface area contributed by atoms with Gasteiger partial charge in [0.25, 0.3) is 0 Å². The minimum absolute atomic E-state index is 1.38. The second-order valence-electron chi connectivity index (χ2n) is 4.06. The normalized spacial score (nSPS) is 8.20. The molecule has 0 saturated carbocycles. The van der Waals surface area contributed by atoms with Crippen molar-refractivity contribution in [2.45, 2.75) is 75.1 Å². The third-order valence-corrected chi connectivity index (χ3v) is 4.24. The number of hydrogen-bond acceptors (Lipinski definition) is 0. The minimum atomic E-state index is 1.38. The molecule has 0 aliphatic heterocycles. The molecule has 0 rings (SSSR count). The molecule has 0 unspecified atom stereocenters. The van der Waals surface area contributed by atoms with Crippen LogP contribution in [0.1, 0.15) is 59.3 Å². The average Bonchev–Trinajstić information content (AvgIpc) is 2.23. The van der Waals surface area contributed by atoms with Gasteiger partial charge in [-0.3, -0.25) is 0 Å². The summed E-state index contributed by atoms with van der Waals surface area (Å²) in [6.07, 6.45) is 8.49. The molecule has 15 heavy (non-hydrogen) atoms. The van der Waals surface area contributed by atoms with Gasteiger partial charge in [-0.15, -0.1) is 15.8 Å². The van der Waals surface area contributed by atoms with Gasteiger partial charge in [-0.1, -0.05) is 59.3 Å². The van der Waals surface area contributed by atoms with Gasteiger partial charge in [-0.05, 0) is 0 Å². The smallest absolute Gasteiger partial charge is 0.101 e. The van der Waals surface area contributed by atoms with E-state index in [0.717, 1.165) is 0 Å². The Balaban J connectivity index is -0.000000144. The molecule has 3 heteroatoms. The van der Waals surface area contributed by atoms with E-state index in [-0.39, 0.29) is 0 Å². The number of unbranched alkanes of at least 4 members (excludes halogenated alkanes) is 3. The van der Waals surface area contributed by atoms with Crippen LogP contribution in [-0.2, 0) is 0 Å². The van der Waals surface area contributed by atoms with Crippen molar-refractivity contribution < 1.29 is 0 Å². The Labute approximate surface area is 123 Å². The minimum Gasteiger partial charge on any atom is -0.101 e. The summed E-state index contributed by atoms with van der Waals surface area (Å²) in [5.74, 6) is 0. The Morgan fingerprint density at radius 1 is 0.533 bits per heavy atom. The van der Waals surface area contributed by atoms with E-state index in [9.17, 15) is 0 Å². The average molecular weight is 258 g/mol. The van der Waals surface area contributed by atoms with Gasteiger partial charge in [0.05, 0.1) is 0 Å². The first kappa shape index (κ1) is 21.8. The van der Waals surface area contributed by atoms with Crippen molar-refractivity contribution >= 4 is 48.9 Å². The summed E-state index contributed by atoms with van der Waals surface area (Å²) in [6.45, 7) is 6.70. The second kappa shape index (κ2) is 29.6. The van der Waals surface area contributed by atoms with E-state index in [4.69, 9.17) is 0 Å². The highest BCUT2D eigenvalue weighted by molar-refractivity contribution is 6.08. The second-order valence-corrected chi connectivity index (χ2v) is 7.06. The summed E-state index contributed by atoms with van der Waals surface area (Å²) >= 11 is 4.20. The van der Waals surface area contributed by atoms with Crippen molar-refractivity contribution in [1.29, 1.82) is 0 Å². The highest BCUT2D eigenvalue weighted by Crippen LogP contribution is 1.87. The molecule has 0 atom stereocenters. The van der Waals surface area contributed by atoms with Gasteiger partial charge in [0, 0.05) is 0 Å². The molecule has 0 nitrogen and oxygen atoms in total. The maximum Gasteiger partial charge on any atom is 0.211 e. The van der Waals surface area contributed by atoms with Crippen molar-refractivity contribution in [3.05, 3.63) is 0 Å². The van der Waals surface area contributed by atoms with Crippen LogP contribution >= 0.6 is 0 Å². The summed E-state index contributed by atoms with van der Waals surface area (Å²) in [4.78, 5) is 0. The summed E-state index contributed by atoms with van der Waals surface area (Å²) < 4.78 is 0. The van der Waals surface area contributed by atoms with Crippen molar-refractivity contribution in [3.8, 4) is 0 Å². The summed E-state index contributed by atoms with van der Waals surface area (Å²) in [5.41, 5.74) is 0. The Morgan fingerprint density at radius 2 is 0.733 bits per heavy atom. The van der Waals surface area contributed by atoms with Gasteiger partial charge in [0.1, 0.15) is 0 Å². The van der Waals surface area contributed by atoms with Gasteiger partial charge in [0.2, 0.25) is 48.9 Å². The predicted octanol–water partition coefficient (Wildman–Crippen LogP) is 2.51. The van der Waals surface area contributed by atoms with Gasteiger partial charge in [0.15, 0.2) is 0 Å². The third kappa shape index (κ3) is 50.0. The fraction of sp³-hybridized carbons (Fsp3) is 1.00. The monoisotopic (exact) mass is 258 g/mol. The fourth-order valence-corrected chi connectivity index (χ4v) is 3.18. The molecule has 0 fully saturated rings. The molecule has 0 saturated heterocycles. The standard InChI is InChI=1S/3C4H9.3Al.6H/c3*1-3-4-2;;;;;;;;;/h3*1,3-4H2,2H3;;;;;;;;;. The van der Waals surface area contributed by atoms with Crippen LogP contribution in [0.4, 0.5) is 0 Å². The molecule has 0 heterocycles. The maximum absolute atomic E-state index is 2.23. The molecule has 0 bridgehead atoms. The lowest BCUT2D eigenvalue weighted by molar-refractivity contribution is 0.884. The van der Waals surface area contributed by atoms with E-state index in [1.54, 1.807) is 0 Å². The zero-order chi connectivity index (χ0) is 12.4. The molecular formula is C12H33Al3. The Hall–Kier alpha value is 1.60. The summed E-state index contributed by atoms with van der Waals surface area (Å²) in [5, 5.41) is 4.45. The predicted molar refractivity (Wildman–Crippen MR) is 84.8 cm³/mol. The maximum atomic E-state index is 2.23. The van der Waals surface area contributed by atoms with E-state index >= 15 is 0 Å². The molecule has 0 aliphatic rings. The van der Waals surface area contributed by atoms with Gasteiger partial charge in [-0.2, -0.15) is 0 Å². The lowest BCUT2D eigenvalue weighted by atomic mass is 10.4. The molecule has 90 valence electrons. The van der Waals surface area contributed by atoms with E-state index < -0.39 is 0 Å². The molecule has 0 spiro atoms. The summed E-state index contributed by atoms with van der Waals surface area (Å²) in [7, 11) is 0. The van der Waals surface area contributed by atoms with Gasteiger partial charge < -0.3 is 0 Å². The first-order valence-corrected chi connectivity index (χ1v) is 11.5. The first-order chi connectivity index (χ1) is 7.24. The van der Waals surface area contributed by atoms with Crippen LogP contribution in [0, 0.1) is 0 Å². The molecule has 0 aliphatic carbocycles. The van der Waals surface area contributed by atoms with Gasteiger partial charge >= 0.3 is 0 Å². The van der Waals surface area contributed by atoms with Crippen molar-refractivity contribution in [2.75, 3.05) is 0 Å². The van der Waals surface area contributed by atoms with E-state index in [1.165, 1.54) is 103 Å². The molecule has 0 amide bonds. The number of rotatable bonds is 6. The highest BCUT2D eigenvalue weighted by atomic mass is 27.1. The molecule has 0 aromatic rings. The van der Waals surface area contributed by atoms with Crippen molar-refractivity contribution in [2.24, 2.45) is 0 Å². The Morgan fingerprint density at radius 3 is 0.733 bits per heavy atom. The molecule has 0 radical (unpaired) electrons. The van der Waals surface area contributed by atoms with Crippen LogP contribution in [0.5, 0.6) is 0 Å². The van der Waals surface area contributed by atoms with Crippen LogP contribution in [0.2, 0.25) is 15.8 Å². The Kier molecular flexibility index (Phi) is 43.1. The van der Waals surface area contributed by atoms with Crippen LogP contribution in [0.25, 0.3) is 0 Å². The Bertz CT molecular complexity index is 47.6. The van der Waals surface area contributed by atoms with Gasteiger partial charge in [-0.25, -0.2) is 0 Å². The van der Waals surface area contributed by atoms with Crippen molar-refractivity contribution in [3.63, 3.8) is 0 Å². The molecule has 0 aromatic heterocycles. The van der Waals surface area contributed by atoms with Crippen molar-refractivity contribution in [1.82, 2.24) is 0 Å². The SMILES string of the molecule is CCC[CH2][AlH2].CCC[CH2][AlH2].CCC[CH2][AlH2]. The zero-order valence-corrected chi connectivity index (χ0v) is 18.4. The van der Waals surface area contributed by atoms with Crippen LogP contribution in [0.3, 0.4) is 0 Å². The topological polar surface area (TPSA) is 0 Å².